The number of para-hydroxylation sites is 1. The van der Waals surface area contributed by atoms with E-state index in [1.165, 1.54) is 0 Å². The Balaban J connectivity index is 1.83. The van der Waals surface area contributed by atoms with Gasteiger partial charge >= 0.3 is 0 Å². The third-order valence-corrected chi connectivity index (χ3v) is 5.54. The smallest absolute Gasteiger partial charge is 0.294 e. The van der Waals surface area contributed by atoms with Crippen LogP contribution >= 0.6 is 11.8 Å². The summed E-state index contributed by atoms with van der Waals surface area (Å²) in [4.78, 5) is 38.8. The standard InChI is InChI=1S/C25H26N2O5S/c1-4-10-18-13-17(14-20(31-5-2)23(18)32-6-3)15-21-24(29)27(25(30)33-21)16-22(28)26-19-11-8-7-9-12-19/h4,7-9,11-15H,1,5-6,10,16H2,2-3H3,(H,26,28)/b21-15-. The molecule has 0 aromatic heterocycles. The average molecular weight is 467 g/mol. The molecule has 0 aliphatic carbocycles. The molecule has 2 aromatic carbocycles. The molecule has 3 amide bonds. The fourth-order valence-corrected chi connectivity index (χ4v) is 4.14. The lowest BCUT2D eigenvalue weighted by molar-refractivity contribution is -0.127. The number of benzene rings is 2. The number of imide groups is 1. The Hall–Kier alpha value is -3.52. The fraction of sp³-hybridized carbons (Fsp3) is 0.240. The van der Waals surface area contributed by atoms with Crippen molar-refractivity contribution in [2.45, 2.75) is 20.3 Å². The van der Waals surface area contributed by atoms with Crippen LogP contribution in [0.2, 0.25) is 0 Å². The van der Waals surface area contributed by atoms with E-state index in [4.69, 9.17) is 9.47 Å². The Morgan fingerprint density at radius 1 is 1.12 bits per heavy atom. The minimum absolute atomic E-state index is 0.240. The largest absolute Gasteiger partial charge is 0.490 e. The van der Waals surface area contributed by atoms with Crippen LogP contribution < -0.4 is 14.8 Å². The van der Waals surface area contributed by atoms with Gasteiger partial charge in [0.1, 0.15) is 6.54 Å². The highest BCUT2D eigenvalue weighted by Gasteiger charge is 2.36. The van der Waals surface area contributed by atoms with E-state index in [0.29, 0.717) is 42.4 Å². The van der Waals surface area contributed by atoms with Gasteiger partial charge in [0, 0.05) is 11.3 Å². The summed E-state index contributed by atoms with van der Waals surface area (Å²) in [5.41, 5.74) is 2.15. The maximum Gasteiger partial charge on any atom is 0.294 e. The molecule has 1 fully saturated rings. The van der Waals surface area contributed by atoms with Crippen LogP contribution in [-0.2, 0) is 16.0 Å². The zero-order chi connectivity index (χ0) is 23.8. The van der Waals surface area contributed by atoms with Gasteiger partial charge in [0.15, 0.2) is 11.5 Å². The minimum Gasteiger partial charge on any atom is -0.490 e. The summed E-state index contributed by atoms with van der Waals surface area (Å²) in [5.74, 6) is 0.247. The summed E-state index contributed by atoms with van der Waals surface area (Å²) in [6.07, 6.45) is 3.94. The van der Waals surface area contributed by atoms with Gasteiger partial charge in [0.25, 0.3) is 11.1 Å². The highest BCUT2D eigenvalue weighted by Crippen LogP contribution is 2.37. The van der Waals surface area contributed by atoms with Gasteiger partial charge in [-0.15, -0.1) is 6.58 Å². The van der Waals surface area contributed by atoms with Crippen molar-refractivity contribution in [1.82, 2.24) is 4.90 Å². The maximum absolute atomic E-state index is 12.9. The number of nitrogens with zero attached hydrogens (tertiary/aromatic N) is 1. The Labute approximate surface area is 197 Å². The number of rotatable bonds is 10. The van der Waals surface area contributed by atoms with Crippen LogP contribution in [0.3, 0.4) is 0 Å². The lowest BCUT2D eigenvalue weighted by atomic mass is 10.0. The van der Waals surface area contributed by atoms with Gasteiger partial charge in [-0.1, -0.05) is 24.3 Å². The third kappa shape index (κ3) is 6.04. The molecule has 1 N–H and O–H groups in total. The molecule has 0 unspecified atom stereocenters. The molecular formula is C25H26N2O5S. The van der Waals surface area contributed by atoms with Crippen molar-refractivity contribution in [3.63, 3.8) is 0 Å². The Kier molecular flexibility index (Phi) is 8.32. The van der Waals surface area contributed by atoms with Crippen LogP contribution in [0, 0.1) is 0 Å². The fourth-order valence-electron chi connectivity index (χ4n) is 3.30. The van der Waals surface area contributed by atoms with Crippen molar-refractivity contribution in [3.8, 4) is 11.5 Å². The molecular weight excluding hydrogens is 440 g/mol. The minimum atomic E-state index is -0.509. The molecule has 0 saturated carbocycles. The summed E-state index contributed by atoms with van der Waals surface area (Å²) >= 11 is 0.804. The molecule has 1 saturated heterocycles. The van der Waals surface area contributed by atoms with Crippen molar-refractivity contribution < 1.29 is 23.9 Å². The molecule has 3 rings (SSSR count). The number of carbonyl (C=O) groups excluding carboxylic acids is 3. The van der Waals surface area contributed by atoms with E-state index in [9.17, 15) is 14.4 Å². The lowest BCUT2D eigenvalue weighted by Crippen LogP contribution is -2.36. The molecule has 0 bridgehead atoms. The highest BCUT2D eigenvalue weighted by atomic mass is 32.2. The van der Waals surface area contributed by atoms with E-state index in [2.05, 4.69) is 11.9 Å². The molecule has 1 aliphatic rings. The average Bonchev–Trinajstić information content (AvgIpc) is 3.04. The number of thioether (sulfide) groups is 1. The Morgan fingerprint density at radius 2 is 1.85 bits per heavy atom. The van der Waals surface area contributed by atoms with Crippen LogP contribution in [0.25, 0.3) is 6.08 Å². The molecule has 1 aliphatic heterocycles. The number of hydrogen-bond acceptors (Lipinski definition) is 6. The predicted octanol–water partition coefficient (Wildman–Crippen LogP) is 4.89. The van der Waals surface area contributed by atoms with Gasteiger partial charge in [0.05, 0.1) is 18.1 Å². The highest BCUT2D eigenvalue weighted by molar-refractivity contribution is 8.18. The summed E-state index contributed by atoms with van der Waals surface area (Å²) in [6, 6.07) is 12.5. The summed E-state index contributed by atoms with van der Waals surface area (Å²) in [6.45, 7) is 8.14. The summed E-state index contributed by atoms with van der Waals surface area (Å²) in [7, 11) is 0. The number of amides is 3. The van der Waals surface area contributed by atoms with Crippen molar-refractivity contribution in [3.05, 3.63) is 71.2 Å². The van der Waals surface area contributed by atoms with Crippen LogP contribution in [0.4, 0.5) is 10.5 Å². The molecule has 7 nitrogen and oxygen atoms in total. The second-order valence-electron chi connectivity index (χ2n) is 7.05. The lowest BCUT2D eigenvalue weighted by Gasteiger charge is -2.16. The summed E-state index contributed by atoms with van der Waals surface area (Å²) < 4.78 is 11.5. The zero-order valence-corrected chi connectivity index (χ0v) is 19.4. The van der Waals surface area contributed by atoms with Crippen molar-refractivity contribution in [2.75, 3.05) is 25.1 Å². The Morgan fingerprint density at radius 3 is 2.52 bits per heavy atom. The van der Waals surface area contributed by atoms with E-state index >= 15 is 0 Å². The van der Waals surface area contributed by atoms with Gasteiger partial charge in [-0.05, 0) is 67.9 Å². The first kappa shape index (κ1) is 24.1. The molecule has 0 radical (unpaired) electrons. The van der Waals surface area contributed by atoms with E-state index in [1.54, 1.807) is 42.5 Å². The SMILES string of the molecule is C=CCc1cc(/C=C2\SC(=O)N(CC(=O)Nc3ccccc3)C2=O)cc(OCC)c1OCC. The molecule has 0 atom stereocenters. The number of nitrogens with one attached hydrogen (secondary N) is 1. The summed E-state index contributed by atoms with van der Waals surface area (Å²) in [5, 5.41) is 2.19. The number of anilines is 1. The molecule has 1 heterocycles. The molecule has 2 aromatic rings. The van der Waals surface area contributed by atoms with Crippen LogP contribution in [0.15, 0.2) is 60.0 Å². The van der Waals surface area contributed by atoms with E-state index < -0.39 is 17.1 Å². The first-order valence-electron chi connectivity index (χ1n) is 10.6. The normalized spacial score (nSPS) is 14.5. The molecule has 0 spiro atoms. The molecule has 33 heavy (non-hydrogen) atoms. The van der Waals surface area contributed by atoms with Crippen LogP contribution in [0.5, 0.6) is 11.5 Å². The van der Waals surface area contributed by atoms with Gasteiger partial charge in [-0.25, -0.2) is 0 Å². The van der Waals surface area contributed by atoms with Gasteiger partial charge in [-0.2, -0.15) is 0 Å². The van der Waals surface area contributed by atoms with E-state index in [1.807, 2.05) is 26.0 Å². The quantitative estimate of drug-likeness (QED) is 0.397. The van der Waals surface area contributed by atoms with Crippen LogP contribution in [-0.4, -0.2) is 41.7 Å². The van der Waals surface area contributed by atoms with Crippen molar-refractivity contribution >= 4 is 40.6 Å². The topological polar surface area (TPSA) is 84.9 Å². The maximum atomic E-state index is 12.9. The number of hydrogen-bond donors (Lipinski definition) is 1. The van der Waals surface area contributed by atoms with Crippen LogP contribution in [0.1, 0.15) is 25.0 Å². The van der Waals surface area contributed by atoms with Gasteiger partial charge in [-0.3, -0.25) is 19.3 Å². The van der Waals surface area contributed by atoms with E-state index in [-0.39, 0.29) is 11.4 Å². The third-order valence-electron chi connectivity index (χ3n) is 4.64. The number of carbonyl (C=O) groups is 3. The van der Waals surface area contributed by atoms with Gasteiger partial charge < -0.3 is 14.8 Å². The molecule has 172 valence electrons. The second kappa shape index (κ2) is 11.4. The predicted molar refractivity (Wildman–Crippen MR) is 130 cm³/mol. The number of allylic oxidation sites excluding steroid dienone is 1. The first-order valence-corrected chi connectivity index (χ1v) is 11.4. The van der Waals surface area contributed by atoms with Crippen molar-refractivity contribution in [2.24, 2.45) is 0 Å². The second-order valence-corrected chi connectivity index (χ2v) is 8.04. The van der Waals surface area contributed by atoms with Gasteiger partial charge in [0.2, 0.25) is 5.91 Å². The number of ether oxygens (including phenoxy) is 2. The molecule has 8 heteroatoms. The van der Waals surface area contributed by atoms with E-state index in [0.717, 1.165) is 22.2 Å². The Bertz CT molecular complexity index is 1080. The monoisotopic (exact) mass is 466 g/mol. The first-order chi connectivity index (χ1) is 16.0. The zero-order valence-electron chi connectivity index (χ0n) is 18.6. The van der Waals surface area contributed by atoms with Crippen molar-refractivity contribution in [1.29, 1.82) is 0 Å².